The Balaban J connectivity index is 3.02. The molecule has 0 fully saturated rings. The fraction of sp³-hybridized carbons (Fsp3) is 0.125. The van der Waals surface area contributed by atoms with Crippen molar-refractivity contribution in [3.05, 3.63) is 35.4 Å². The van der Waals surface area contributed by atoms with Crippen molar-refractivity contribution in [2.24, 2.45) is 5.16 Å². The van der Waals surface area contributed by atoms with Crippen molar-refractivity contribution in [1.29, 1.82) is 0 Å². The molecule has 0 bridgehead atoms. The standard InChI is InChI=1S/C8H9NO2/c10-6-8-4-2-1-3-7(8)5-9-11/h1-5,10-11H,6H2/b9-5+. The monoisotopic (exact) mass is 151 g/mol. The van der Waals surface area contributed by atoms with Crippen LogP contribution < -0.4 is 0 Å². The number of oxime groups is 1. The van der Waals surface area contributed by atoms with E-state index >= 15 is 0 Å². The average Bonchev–Trinajstić information content (AvgIpc) is 2.06. The molecule has 0 saturated heterocycles. The summed E-state index contributed by atoms with van der Waals surface area (Å²) < 4.78 is 0. The van der Waals surface area contributed by atoms with Gasteiger partial charge < -0.3 is 10.3 Å². The molecule has 0 aliphatic heterocycles. The summed E-state index contributed by atoms with van der Waals surface area (Å²) >= 11 is 0. The number of hydrogen-bond acceptors (Lipinski definition) is 3. The SMILES string of the molecule is OCc1ccccc1/C=N/O. The lowest BCUT2D eigenvalue weighted by Gasteiger charge is -1.98. The third kappa shape index (κ3) is 1.78. The van der Waals surface area contributed by atoms with Crippen molar-refractivity contribution < 1.29 is 10.3 Å². The van der Waals surface area contributed by atoms with Gasteiger partial charge in [-0.25, -0.2) is 0 Å². The second-order valence-corrected chi connectivity index (χ2v) is 2.10. The van der Waals surface area contributed by atoms with Gasteiger partial charge in [-0.2, -0.15) is 0 Å². The number of rotatable bonds is 2. The van der Waals surface area contributed by atoms with Crippen molar-refractivity contribution in [3.8, 4) is 0 Å². The van der Waals surface area contributed by atoms with Crippen LogP contribution in [0.25, 0.3) is 0 Å². The summed E-state index contributed by atoms with van der Waals surface area (Å²) in [6, 6.07) is 7.18. The average molecular weight is 151 g/mol. The minimum atomic E-state index is -0.0395. The first-order valence-electron chi connectivity index (χ1n) is 3.24. The van der Waals surface area contributed by atoms with Crippen LogP contribution in [0.15, 0.2) is 29.4 Å². The quantitative estimate of drug-likeness (QED) is 0.376. The highest BCUT2D eigenvalue weighted by Gasteiger charge is 1.95. The minimum Gasteiger partial charge on any atom is -0.411 e. The highest BCUT2D eigenvalue weighted by atomic mass is 16.4. The van der Waals surface area contributed by atoms with E-state index in [9.17, 15) is 0 Å². The Bertz CT molecular complexity index is 258. The van der Waals surface area contributed by atoms with Gasteiger partial charge in [-0.3, -0.25) is 0 Å². The molecule has 0 amide bonds. The minimum absolute atomic E-state index is 0.0395. The fourth-order valence-corrected chi connectivity index (χ4v) is 0.866. The van der Waals surface area contributed by atoms with Gasteiger partial charge in [-0.1, -0.05) is 29.4 Å². The van der Waals surface area contributed by atoms with Crippen LogP contribution in [0.2, 0.25) is 0 Å². The first-order valence-corrected chi connectivity index (χ1v) is 3.24. The normalized spacial score (nSPS) is 10.6. The molecular weight excluding hydrogens is 142 g/mol. The van der Waals surface area contributed by atoms with Gasteiger partial charge in [0.05, 0.1) is 12.8 Å². The van der Waals surface area contributed by atoms with Crippen LogP contribution in [-0.2, 0) is 6.61 Å². The molecule has 1 aromatic rings. The molecule has 0 saturated carbocycles. The van der Waals surface area contributed by atoms with E-state index in [2.05, 4.69) is 5.16 Å². The Kier molecular flexibility index (Phi) is 2.63. The Labute approximate surface area is 64.6 Å². The van der Waals surface area contributed by atoms with Crippen molar-refractivity contribution in [1.82, 2.24) is 0 Å². The largest absolute Gasteiger partial charge is 0.411 e. The van der Waals surface area contributed by atoms with E-state index < -0.39 is 0 Å². The highest BCUT2D eigenvalue weighted by Crippen LogP contribution is 2.05. The second-order valence-electron chi connectivity index (χ2n) is 2.10. The maximum atomic E-state index is 8.80. The van der Waals surface area contributed by atoms with Gasteiger partial charge in [0.15, 0.2) is 0 Å². The molecule has 3 nitrogen and oxygen atoms in total. The van der Waals surface area contributed by atoms with E-state index in [1.807, 2.05) is 12.1 Å². The summed E-state index contributed by atoms with van der Waals surface area (Å²) in [5.41, 5.74) is 1.49. The summed E-state index contributed by atoms with van der Waals surface area (Å²) in [6.45, 7) is -0.0395. The smallest absolute Gasteiger partial charge is 0.0737 e. The van der Waals surface area contributed by atoms with Gasteiger partial charge >= 0.3 is 0 Å². The van der Waals surface area contributed by atoms with Gasteiger partial charge in [0, 0.05) is 5.56 Å². The van der Waals surface area contributed by atoms with Crippen LogP contribution in [0.4, 0.5) is 0 Å². The predicted molar refractivity (Wildman–Crippen MR) is 41.7 cm³/mol. The number of nitrogens with zero attached hydrogens (tertiary/aromatic N) is 1. The number of hydrogen-bond donors (Lipinski definition) is 2. The fourth-order valence-electron chi connectivity index (χ4n) is 0.866. The summed E-state index contributed by atoms with van der Waals surface area (Å²) in [5, 5.41) is 19.9. The maximum Gasteiger partial charge on any atom is 0.0737 e. The lowest BCUT2D eigenvalue weighted by atomic mass is 10.1. The topological polar surface area (TPSA) is 52.8 Å². The molecule has 3 heteroatoms. The van der Waals surface area contributed by atoms with E-state index in [-0.39, 0.29) is 6.61 Å². The van der Waals surface area contributed by atoms with E-state index in [1.165, 1.54) is 6.21 Å². The van der Waals surface area contributed by atoms with Gasteiger partial charge in [-0.15, -0.1) is 0 Å². The summed E-state index contributed by atoms with van der Waals surface area (Å²) in [6.07, 6.45) is 1.30. The third-order valence-corrected chi connectivity index (χ3v) is 1.42. The van der Waals surface area contributed by atoms with E-state index in [0.717, 1.165) is 11.1 Å². The molecule has 0 aromatic heterocycles. The van der Waals surface area contributed by atoms with E-state index in [4.69, 9.17) is 10.3 Å². The molecule has 0 aliphatic rings. The zero-order valence-electron chi connectivity index (χ0n) is 5.94. The molecule has 1 rings (SSSR count). The molecular formula is C8H9NO2. The molecule has 1 aromatic carbocycles. The Morgan fingerprint density at radius 3 is 2.73 bits per heavy atom. The summed E-state index contributed by atoms with van der Waals surface area (Å²) in [4.78, 5) is 0. The van der Waals surface area contributed by atoms with Gasteiger partial charge in [0.1, 0.15) is 0 Å². The number of benzene rings is 1. The molecule has 11 heavy (non-hydrogen) atoms. The number of aliphatic hydroxyl groups excluding tert-OH is 1. The summed E-state index contributed by atoms with van der Waals surface area (Å²) in [5.74, 6) is 0. The molecule has 58 valence electrons. The zero-order valence-corrected chi connectivity index (χ0v) is 5.94. The lowest BCUT2D eigenvalue weighted by Crippen LogP contribution is -1.91. The molecule has 0 atom stereocenters. The van der Waals surface area contributed by atoms with Crippen LogP contribution in [-0.4, -0.2) is 16.5 Å². The first kappa shape index (κ1) is 7.75. The predicted octanol–water partition coefficient (Wildman–Crippen LogP) is 0.987. The lowest BCUT2D eigenvalue weighted by molar-refractivity contribution is 0.281. The Morgan fingerprint density at radius 2 is 2.09 bits per heavy atom. The van der Waals surface area contributed by atoms with Crippen molar-refractivity contribution >= 4 is 6.21 Å². The van der Waals surface area contributed by atoms with E-state index in [1.54, 1.807) is 12.1 Å². The van der Waals surface area contributed by atoms with Crippen LogP contribution in [0.3, 0.4) is 0 Å². The Hall–Kier alpha value is -1.35. The molecule has 0 radical (unpaired) electrons. The first-order chi connectivity index (χ1) is 5.38. The van der Waals surface area contributed by atoms with Crippen LogP contribution in [0.1, 0.15) is 11.1 Å². The highest BCUT2D eigenvalue weighted by molar-refractivity contribution is 5.81. The van der Waals surface area contributed by atoms with E-state index in [0.29, 0.717) is 0 Å². The maximum absolute atomic E-state index is 8.80. The van der Waals surface area contributed by atoms with Gasteiger partial charge in [0.2, 0.25) is 0 Å². The number of aliphatic hydroxyl groups is 1. The molecule has 0 heterocycles. The van der Waals surface area contributed by atoms with Crippen molar-refractivity contribution in [3.63, 3.8) is 0 Å². The third-order valence-electron chi connectivity index (χ3n) is 1.42. The van der Waals surface area contributed by atoms with Crippen LogP contribution in [0, 0.1) is 0 Å². The van der Waals surface area contributed by atoms with Gasteiger partial charge in [-0.05, 0) is 5.56 Å². The summed E-state index contributed by atoms with van der Waals surface area (Å²) in [7, 11) is 0. The van der Waals surface area contributed by atoms with Crippen molar-refractivity contribution in [2.45, 2.75) is 6.61 Å². The second kappa shape index (κ2) is 3.73. The Morgan fingerprint density at radius 1 is 1.36 bits per heavy atom. The molecule has 0 spiro atoms. The zero-order chi connectivity index (χ0) is 8.10. The van der Waals surface area contributed by atoms with Crippen LogP contribution >= 0.6 is 0 Å². The molecule has 0 unspecified atom stereocenters. The molecule has 2 N–H and O–H groups in total. The van der Waals surface area contributed by atoms with Gasteiger partial charge in [0.25, 0.3) is 0 Å². The molecule has 0 aliphatic carbocycles. The van der Waals surface area contributed by atoms with Crippen LogP contribution in [0.5, 0.6) is 0 Å². The van der Waals surface area contributed by atoms with Crippen molar-refractivity contribution in [2.75, 3.05) is 0 Å².